The summed E-state index contributed by atoms with van der Waals surface area (Å²) in [6.07, 6.45) is 0.677. The molecule has 2 aromatic rings. The molecule has 2 unspecified atom stereocenters. The zero-order chi connectivity index (χ0) is 19.0. The summed E-state index contributed by atoms with van der Waals surface area (Å²) in [7, 11) is 0. The molecule has 2 fully saturated rings. The van der Waals surface area contributed by atoms with E-state index in [1.807, 2.05) is 0 Å². The predicted molar refractivity (Wildman–Crippen MR) is 97.8 cm³/mol. The maximum absolute atomic E-state index is 13.9. The first kappa shape index (κ1) is 17.5. The van der Waals surface area contributed by atoms with E-state index < -0.39 is 0 Å². The van der Waals surface area contributed by atoms with E-state index in [0.717, 1.165) is 0 Å². The maximum atomic E-state index is 13.9. The number of hydrogen-bond acceptors (Lipinski definition) is 3. The summed E-state index contributed by atoms with van der Waals surface area (Å²) in [5.74, 6) is -0.682. The number of hydrogen-bond donors (Lipinski definition) is 1. The first-order chi connectivity index (χ1) is 13.1. The Labute approximate surface area is 157 Å². The molecule has 1 aliphatic carbocycles. The molecule has 1 saturated carbocycles. The Morgan fingerprint density at radius 3 is 2.26 bits per heavy atom. The third-order valence-corrected chi connectivity index (χ3v) is 5.43. The highest BCUT2D eigenvalue weighted by Crippen LogP contribution is 2.49. The number of halogens is 1. The van der Waals surface area contributed by atoms with Gasteiger partial charge in [0.05, 0.1) is 5.56 Å². The molecule has 27 heavy (non-hydrogen) atoms. The number of phenolic OH excluding ortho intramolecular Hbond substituents is 1. The van der Waals surface area contributed by atoms with E-state index in [0.29, 0.717) is 38.2 Å². The van der Waals surface area contributed by atoms with Gasteiger partial charge in [-0.3, -0.25) is 9.59 Å². The number of rotatable bonds is 3. The molecule has 0 radical (unpaired) electrons. The summed E-state index contributed by atoms with van der Waals surface area (Å²) in [6.45, 7) is 1.77. The molecule has 1 aliphatic heterocycles. The Balaban J connectivity index is 1.35. The second-order valence-corrected chi connectivity index (χ2v) is 7.10. The van der Waals surface area contributed by atoms with Crippen molar-refractivity contribution in [2.75, 3.05) is 26.2 Å². The summed E-state index contributed by atoms with van der Waals surface area (Å²) in [5, 5.41) is 9.85. The van der Waals surface area contributed by atoms with Gasteiger partial charge in [-0.2, -0.15) is 0 Å². The van der Waals surface area contributed by atoms with Gasteiger partial charge in [-0.05, 0) is 36.1 Å². The molecule has 0 aromatic heterocycles. The van der Waals surface area contributed by atoms with Crippen LogP contribution in [0.2, 0.25) is 0 Å². The van der Waals surface area contributed by atoms with Gasteiger partial charge in [-0.15, -0.1) is 0 Å². The van der Waals surface area contributed by atoms with E-state index in [1.54, 1.807) is 46.2 Å². The lowest BCUT2D eigenvalue weighted by atomic mass is 10.1. The Bertz CT molecular complexity index is 877. The number of para-hydroxylation sites is 1. The van der Waals surface area contributed by atoms with Gasteiger partial charge in [0.1, 0.15) is 11.6 Å². The van der Waals surface area contributed by atoms with Gasteiger partial charge in [0.2, 0.25) is 5.91 Å². The van der Waals surface area contributed by atoms with Crippen LogP contribution in [0.5, 0.6) is 5.75 Å². The van der Waals surface area contributed by atoms with Crippen molar-refractivity contribution in [3.05, 3.63) is 65.5 Å². The number of carbonyl (C=O) groups excluding carboxylic acids is 2. The van der Waals surface area contributed by atoms with E-state index in [-0.39, 0.29) is 40.8 Å². The Hall–Kier alpha value is -2.89. The van der Waals surface area contributed by atoms with Gasteiger partial charge in [0.15, 0.2) is 0 Å². The molecule has 2 atom stereocenters. The van der Waals surface area contributed by atoms with Crippen LogP contribution in [0.15, 0.2) is 48.5 Å². The SMILES string of the molecule is O=C(c1ccccc1O)N1CCN(C(=O)C2CC2c2ccccc2F)CC1. The highest BCUT2D eigenvalue weighted by molar-refractivity contribution is 5.97. The molecule has 1 heterocycles. The third-order valence-electron chi connectivity index (χ3n) is 5.43. The first-order valence-corrected chi connectivity index (χ1v) is 9.16. The molecule has 2 amide bonds. The fourth-order valence-electron chi connectivity index (χ4n) is 3.78. The summed E-state index contributed by atoms with van der Waals surface area (Å²) >= 11 is 0. The fraction of sp³-hybridized carbons (Fsp3) is 0.333. The van der Waals surface area contributed by atoms with Crippen LogP contribution in [-0.4, -0.2) is 52.9 Å². The molecule has 140 valence electrons. The topological polar surface area (TPSA) is 60.9 Å². The first-order valence-electron chi connectivity index (χ1n) is 9.16. The number of amides is 2. The van der Waals surface area contributed by atoms with Crippen molar-refractivity contribution in [1.82, 2.24) is 9.80 Å². The Kier molecular flexibility index (Phi) is 4.56. The van der Waals surface area contributed by atoms with Crippen molar-refractivity contribution >= 4 is 11.8 Å². The van der Waals surface area contributed by atoms with Crippen LogP contribution < -0.4 is 0 Å². The lowest BCUT2D eigenvalue weighted by molar-refractivity contribution is -0.134. The number of benzene rings is 2. The quantitative estimate of drug-likeness (QED) is 0.906. The van der Waals surface area contributed by atoms with Crippen LogP contribution in [0.25, 0.3) is 0 Å². The van der Waals surface area contributed by atoms with E-state index in [1.165, 1.54) is 12.1 Å². The van der Waals surface area contributed by atoms with Gasteiger partial charge in [-0.25, -0.2) is 4.39 Å². The molecule has 1 N–H and O–H groups in total. The minimum absolute atomic E-state index is 0.0354. The lowest BCUT2D eigenvalue weighted by Crippen LogP contribution is -2.51. The van der Waals surface area contributed by atoms with Crippen molar-refractivity contribution in [2.45, 2.75) is 12.3 Å². The lowest BCUT2D eigenvalue weighted by Gasteiger charge is -2.35. The highest BCUT2D eigenvalue weighted by Gasteiger charge is 2.47. The Morgan fingerprint density at radius 1 is 0.926 bits per heavy atom. The molecule has 0 bridgehead atoms. The minimum atomic E-state index is -0.254. The molecular weight excluding hydrogens is 347 g/mol. The predicted octanol–water partition coefficient (Wildman–Crippen LogP) is 2.62. The van der Waals surface area contributed by atoms with Crippen molar-refractivity contribution in [3.8, 4) is 5.75 Å². The molecule has 1 saturated heterocycles. The monoisotopic (exact) mass is 368 g/mol. The largest absolute Gasteiger partial charge is 0.507 e. The van der Waals surface area contributed by atoms with Crippen LogP contribution in [0.4, 0.5) is 4.39 Å². The van der Waals surface area contributed by atoms with E-state index in [4.69, 9.17) is 0 Å². The van der Waals surface area contributed by atoms with Crippen molar-refractivity contribution < 1.29 is 19.1 Å². The summed E-state index contributed by atoms with van der Waals surface area (Å²) in [6, 6.07) is 13.1. The molecule has 2 aliphatic rings. The van der Waals surface area contributed by atoms with Gasteiger partial charge in [0.25, 0.3) is 5.91 Å². The van der Waals surface area contributed by atoms with Gasteiger partial charge < -0.3 is 14.9 Å². The number of carbonyl (C=O) groups is 2. The molecule has 0 spiro atoms. The van der Waals surface area contributed by atoms with Crippen LogP contribution in [0, 0.1) is 11.7 Å². The third kappa shape index (κ3) is 3.39. The number of phenols is 1. The average molecular weight is 368 g/mol. The van der Waals surface area contributed by atoms with Crippen molar-refractivity contribution in [1.29, 1.82) is 0 Å². The number of nitrogens with zero attached hydrogens (tertiary/aromatic N) is 2. The second-order valence-electron chi connectivity index (χ2n) is 7.10. The summed E-state index contributed by atoms with van der Waals surface area (Å²) < 4.78 is 13.9. The van der Waals surface area contributed by atoms with Crippen LogP contribution in [0.3, 0.4) is 0 Å². The summed E-state index contributed by atoms with van der Waals surface area (Å²) in [4.78, 5) is 28.7. The molecular formula is C21H21FN2O3. The normalized spacial score (nSPS) is 21.8. The van der Waals surface area contributed by atoms with E-state index in [2.05, 4.69) is 0 Å². The smallest absolute Gasteiger partial charge is 0.257 e. The standard InChI is InChI=1S/C21H21FN2O3/c22-18-7-3-1-5-14(18)16-13-17(16)21(27)24-11-9-23(10-12-24)20(26)15-6-2-4-8-19(15)25/h1-8,16-17,25H,9-13H2. The summed E-state index contributed by atoms with van der Waals surface area (Å²) in [5.41, 5.74) is 0.892. The minimum Gasteiger partial charge on any atom is -0.507 e. The van der Waals surface area contributed by atoms with Crippen molar-refractivity contribution in [2.24, 2.45) is 5.92 Å². The zero-order valence-electron chi connectivity index (χ0n) is 14.8. The molecule has 6 heteroatoms. The molecule has 2 aromatic carbocycles. The molecule has 5 nitrogen and oxygen atoms in total. The zero-order valence-corrected chi connectivity index (χ0v) is 14.8. The van der Waals surface area contributed by atoms with Crippen LogP contribution in [-0.2, 0) is 4.79 Å². The maximum Gasteiger partial charge on any atom is 0.257 e. The second kappa shape index (κ2) is 7.02. The molecule has 4 rings (SSSR count). The van der Waals surface area contributed by atoms with Crippen LogP contribution >= 0.6 is 0 Å². The fourth-order valence-corrected chi connectivity index (χ4v) is 3.78. The van der Waals surface area contributed by atoms with E-state index in [9.17, 15) is 19.1 Å². The number of piperazine rings is 1. The number of aromatic hydroxyl groups is 1. The van der Waals surface area contributed by atoms with Gasteiger partial charge >= 0.3 is 0 Å². The van der Waals surface area contributed by atoms with Gasteiger partial charge in [-0.1, -0.05) is 30.3 Å². The van der Waals surface area contributed by atoms with Crippen molar-refractivity contribution in [3.63, 3.8) is 0 Å². The average Bonchev–Trinajstić information content (AvgIpc) is 3.48. The van der Waals surface area contributed by atoms with Crippen LogP contribution in [0.1, 0.15) is 28.3 Å². The van der Waals surface area contributed by atoms with Gasteiger partial charge in [0, 0.05) is 32.1 Å². The Morgan fingerprint density at radius 2 is 1.56 bits per heavy atom. The van der Waals surface area contributed by atoms with E-state index >= 15 is 0 Å². The highest BCUT2D eigenvalue weighted by atomic mass is 19.1.